The second-order valence-corrected chi connectivity index (χ2v) is 6.88. The largest absolute Gasteiger partial charge is 0.290 e. The summed E-state index contributed by atoms with van der Waals surface area (Å²) < 4.78 is 1.91. The topological polar surface area (TPSA) is 34.0 Å². The fraction of sp³-hybridized carbons (Fsp3) is 0.556. The Morgan fingerprint density at radius 1 is 1.09 bits per heavy atom. The molecule has 0 aliphatic carbocycles. The molecule has 2 saturated heterocycles. The van der Waals surface area contributed by atoms with Crippen LogP contribution in [0.2, 0.25) is 0 Å². The molecule has 2 aliphatic heterocycles. The van der Waals surface area contributed by atoms with E-state index in [1.165, 1.54) is 37.7 Å². The molecule has 2 fully saturated rings. The molecule has 4 nitrogen and oxygen atoms in total. The highest BCUT2D eigenvalue weighted by Crippen LogP contribution is 2.40. The van der Waals surface area contributed by atoms with Crippen molar-refractivity contribution >= 4 is 0 Å². The normalized spacial score (nSPS) is 28.1. The van der Waals surface area contributed by atoms with Crippen LogP contribution < -0.4 is 0 Å². The van der Waals surface area contributed by atoms with Crippen molar-refractivity contribution < 1.29 is 0 Å². The molecule has 0 amide bonds. The minimum atomic E-state index is 0.740. The van der Waals surface area contributed by atoms with Crippen LogP contribution >= 0.6 is 0 Å². The number of piperidine rings is 1. The lowest BCUT2D eigenvalue weighted by Crippen LogP contribution is -2.43. The Balaban J connectivity index is 1.42. The summed E-state index contributed by atoms with van der Waals surface area (Å²) >= 11 is 0. The van der Waals surface area contributed by atoms with Crippen molar-refractivity contribution in [1.82, 2.24) is 19.7 Å². The van der Waals surface area contributed by atoms with Gasteiger partial charge >= 0.3 is 0 Å². The lowest BCUT2D eigenvalue weighted by Gasteiger charge is -2.38. The molecule has 22 heavy (non-hydrogen) atoms. The summed E-state index contributed by atoms with van der Waals surface area (Å²) in [7, 11) is 1.99. The second kappa shape index (κ2) is 5.84. The van der Waals surface area contributed by atoms with E-state index in [1.54, 1.807) is 6.33 Å². The van der Waals surface area contributed by atoms with E-state index in [-0.39, 0.29) is 0 Å². The zero-order valence-corrected chi connectivity index (χ0v) is 13.2. The van der Waals surface area contributed by atoms with E-state index in [0.29, 0.717) is 0 Å². The molecule has 2 aromatic rings. The molecule has 0 saturated carbocycles. The van der Waals surface area contributed by atoms with Crippen molar-refractivity contribution in [3.63, 3.8) is 0 Å². The standard InChI is InChI=1S/C18H24N4/c1-21-18(19-13-20-21)12-22-16-7-8-17(22)11-15(10-16)9-14-5-3-2-4-6-14/h2-6,13,15-17H,7-12H2,1H3/t16-,17-/m0/s1. The lowest BCUT2D eigenvalue weighted by atomic mass is 9.86. The van der Waals surface area contributed by atoms with Gasteiger partial charge in [-0.05, 0) is 43.6 Å². The zero-order valence-electron chi connectivity index (χ0n) is 13.2. The SMILES string of the molecule is Cn1ncnc1CN1[C@H]2CC[C@H]1CC(Cc1ccccc1)C2. The van der Waals surface area contributed by atoms with E-state index in [2.05, 4.69) is 45.3 Å². The highest BCUT2D eigenvalue weighted by atomic mass is 15.3. The molecule has 0 spiro atoms. The molecule has 1 aromatic heterocycles. The van der Waals surface area contributed by atoms with Crippen LogP contribution in [0, 0.1) is 5.92 Å². The Hall–Kier alpha value is -1.68. The highest BCUT2D eigenvalue weighted by molar-refractivity contribution is 5.16. The van der Waals surface area contributed by atoms with Gasteiger partial charge in [-0.2, -0.15) is 5.10 Å². The van der Waals surface area contributed by atoms with E-state index >= 15 is 0 Å². The van der Waals surface area contributed by atoms with Crippen LogP contribution in [-0.2, 0) is 20.0 Å². The summed E-state index contributed by atoms with van der Waals surface area (Å²) in [6.07, 6.45) is 8.29. The predicted octanol–water partition coefficient (Wildman–Crippen LogP) is 2.80. The summed E-state index contributed by atoms with van der Waals surface area (Å²) in [5.41, 5.74) is 1.49. The van der Waals surface area contributed by atoms with E-state index in [1.807, 2.05) is 11.7 Å². The first-order chi connectivity index (χ1) is 10.8. The minimum absolute atomic E-state index is 0.740. The first kappa shape index (κ1) is 13.9. The number of aromatic nitrogens is 3. The van der Waals surface area contributed by atoms with E-state index in [4.69, 9.17) is 0 Å². The number of fused-ring (bicyclic) bond motifs is 2. The molecule has 0 N–H and O–H groups in total. The third-order valence-corrected chi connectivity index (χ3v) is 5.48. The van der Waals surface area contributed by atoms with Gasteiger partial charge in [-0.15, -0.1) is 0 Å². The fourth-order valence-electron chi connectivity index (χ4n) is 4.39. The molecule has 4 rings (SSSR count). The smallest absolute Gasteiger partial charge is 0.140 e. The van der Waals surface area contributed by atoms with Crippen LogP contribution in [0.25, 0.3) is 0 Å². The van der Waals surface area contributed by atoms with Gasteiger partial charge in [0.15, 0.2) is 0 Å². The summed E-state index contributed by atoms with van der Waals surface area (Å²) in [6.45, 7) is 0.962. The molecule has 3 heterocycles. The van der Waals surface area contributed by atoms with Gasteiger partial charge in [-0.1, -0.05) is 30.3 Å². The third-order valence-electron chi connectivity index (χ3n) is 5.48. The number of hydrogen-bond acceptors (Lipinski definition) is 3. The summed E-state index contributed by atoms with van der Waals surface area (Å²) in [5.74, 6) is 1.94. The summed E-state index contributed by atoms with van der Waals surface area (Å²) in [5, 5.41) is 4.20. The lowest BCUT2D eigenvalue weighted by molar-refractivity contribution is 0.0922. The van der Waals surface area contributed by atoms with Gasteiger partial charge in [0.1, 0.15) is 12.2 Å². The van der Waals surface area contributed by atoms with Crippen LogP contribution in [-0.4, -0.2) is 31.7 Å². The Morgan fingerprint density at radius 2 is 1.82 bits per heavy atom. The van der Waals surface area contributed by atoms with Gasteiger partial charge in [-0.25, -0.2) is 4.98 Å². The maximum absolute atomic E-state index is 4.40. The number of benzene rings is 1. The van der Waals surface area contributed by atoms with Gasteiger partial charge in [0, 0.05) is 19.1 Å². The van der Waals surface area contributed by atoms with Crippen LogP contribution in [0.5, 0.6) is 0 Å². The van der Waals surface area contributed by atoms with Gasteiger partial charge in [0.2, 0.25) is 0 Å². The first-order valence-corrected chi connectivity index (χ1v) is 8.42. The zero-order chi connectivity index (χ0) is 14.9. The van der Waals surface area contributed by atoms with Crippen molar-refractivity contribution in [2.75, 3.05) is 0 Å². The van der Waals surface area contributed by atoms with Crippen molar-refractivity contribution in [1.29, 1.82) is 0 Å². The molecule has 2 bridgehead atoms. The Bertz CT molecular complexity index is 607. The van der Waals surface area contributed by atoms with Crippen LogP contribution in [0.1, 0.15) is 37.1 Å². The van der Waals surface area contributed by atoms with Crippen molar-refractivity contribution in [2.45, 2.75) is 50.7 Å². The number of nitrogens with zero attached hydrogens (tertiary/aromatic N) is 4. The number of aryl methyl sites for hydroxylation is 1. The molecule has 0 radical (unpaired) electrons. The predicted molar refractivity (Wildman–Crippen MR) is 86.2 cm³/mol. The second-order valence-electron chi connectivity index (χ2n) is 6.88. The summed E-state index contributed by atoms with van der Waals surface area (Å²) in [6, 6.07) is 12.5. The number of rotatable bonds is 4. The van der Waals surface area contributed by atoms with Gasteiger partial charge in [0.05, 0.1) is 6.54 Å². The van der Waals surface area contributed by atoms with Crippen LogP contribution in [0.4, 0.5) is 0 Å². The Morgan fingerprint density at radius 3 is 2.45 bits per heavy atom. The monoisotopic (exact) mass is 296 g/mol. The van der Waals surface area contributed by atoms with Crippen molar-refractivity contribution in [2.24, 2.45) is 13.0 Å². The van der Waals surface area contributed by atoms with Crippen molar-refractivity contribution in [3.05, 3.63) is 48.0 Å². The molecule has 116 valence electrons. The molecule has 0 unspecified atom stereocenters. The third kappa shape index (κ3) is 2.68. The number of hydrogen-bond donors (Lipinski definition) is 0. The maximum Gasteiger partial charge on any atom is 0.140 e. The Kier molecular flexibility index (Phi) is 3.70. The molecule has 4 heteroatoms. The summed E-state index contributed by atoms with van der Waals surface area (Å²) in [4.78, 5) is 7.09. The van der Waals surface area contributed by atoms with Gasteiger partial charge in [-0.3, -0.25) is 9.58 Å². The van der Waals surface area contributed by atoms with Crippen molar-refractivity contribution in [3.8, 4) is 0 Å². The Labute approximate surface area is 132 Å². The van der Waals surface area contributed by atoms with E-state index < -0.39 is 0 Å². The van der Waals surface area contributed by atoms with E-state index in [0.717, 1.165) is 30.4 Å². The molecule has 2 atom stereocenters. The maximum atomic E-state index is 4.40. The molecule has 1 aromatic carbocycles. The van der Waals surface area contributed by atoms with Gasteiger partial charge < -0.3 is 0 Å². The highest BCUT2D eigenvalue weighted by Gasteiger charge is 2.40. The molecular weight excluding hydrogens is 272 g/mol. The minimum Gasteiger partial charge on any atom is -0.290 e. The van der Waals surface area contributed by atoms with Crippen LogP contribution in [0.15, 0.2) is 36.7 Å². The first-order valence-electron chi connectivity index (χ1n) is 8.42. The van der Waals surface area contributed by atoms with E-state index in [9.17, 15) is 0 Å². The molecular formula is C18H24N4. The van der Waals surface area contributed by atoms with Gasteiger partial charge in [0.25, 0.3) is 0 Å². The molecule has 2 aliphatic rings. The average Bonchev–Trinajstić information content (AvgIpc) is 3.02. The fourth-order valence-corrected chi connectivity index (χ4v) is 4.39. The average molecular weight is 296 g/mol. The quantitative estimate of drug-likeness (QED) is 0.870. The van der Waals surface area contributed by atoms with Crippen LogP contribution in [0.3, 0.4) is 0 Å².